The second-order valence-electron chi connectivity index (χ2n) is 3.50. The molecule has 0 radical (unpaired) electrons. The third kappa shape index (κ3) is 1.98. The highest BCUT2D eigenvalue weighted by molar-refractivity contribution is 7.16. The Kier molecular flexibility index (Phi) is 3.28. The summed E-state index contributed by atoms with van der Waals surface area (Å²) >= 11 is 1.42. The summed E-state index contributed by atoms with van der Waals surface area (Å²) in [7, 11) is 0. The van der Waals surface area contributed by atoms with E-state index in [0.717, 1.165) is 23.3 Å². The molecule has 0 saturated carbocycles. The third-order valence-electron chi connectivity index (χ3n) is 2.40. The molecule has 0 spiro atoms. The van der Waals surface area contributed by atoms with Crippen LogP contribution in [0.4, 0.5) is 4.39 Å². The van der Waals surface area contributed by atoms with E-state index in [1.54, 1.807) is 5.51 Å². The number of hydrogen-bond acceptors (Lipinski definition) is 4. The van der Waals surface area contributed by atoms with Gasteiger partial charge in [-0.15, -0.1) is 23.7 Å². The van der Waals surface area contributed by atoms with E-state index in [9.17, 15) is 4.39 Å². The maximum absolute atomic E-state index is 13.2. The normalized spacial score (nSPS) is 15.6. The number of rotatable bonds is 2. The predicted molar refractivity (Wildman–Crippen MR) is 64.1 cm³/mol. The van der Waals surface area contributed by atoms with Gasteiger partial charge >= 0.3 is 0 Å². The van der Waals surface area contributed by atoms with Gasteiger partial charge in [-0.2, -0.15) is 0 Å². The fraction of sp³-hybridized carbons (Fsp3) is 0.300. The Morgan fingerprint density at radius 3 is 2.94 bits per heavy atom. The Morgan fingerprint density at radius 1 is 1.44 bits per heavy atom. The van der Waals surface area contributed by atoms with Crippen molar-refractivity contribution in [2.45, 2.75) is 6.10 Å². The topological polar surface area (TPSA) is 34.1 Å². The van der Waals surface area contributed by atoms with Gasteiger partial charge in [-0.1, -0.05) is 0 Å². The minimum Gasteiger partial charge on any atom is -0.485 e. The zero-order valence-electron chi connectivity index (χ0n) is 8.27. The number of thiazole rings is 1. The van der Waals surface area contributed by atoms with Crippen molar-refractivity contribution in [3.05, 3.63) is 23.5 Å². The lowest BCUT2D eigenvalue weighted by atomic mass is 10.2. The van der Waals surface area contributed by atoms with Gasteiger partial charge in [0.25, 0.3) is 0 Å². The van der Waals surface area contributed by atoms with Crippen molar-refractivity contribution in [2.24, 2.45) is 0 Å². The van der Waals surface area contributed by atoms with Gasteiger partial charge in [-0.25, -0.2) is 9.37 Å². The van der Waals surface area contributed by atoms with Crippen LogP contribution in [-0.4, -0.2) is 24.2 Å². The van der Waals surface area contributed by atoms with E-state index in [1.807, 2.05) is 0 Å². The predicted octanol–water partition coefficient (Wildman–Crippen LogP) is 2.21. The minimum absolute atomic E-state index is 0. The molecular weight excluding hydrogens is 251 g/mol. The molecule has 0 amide bonds. The van der Waals surface area contributed by atoms with Crippen molar-refractivity contribution in [3.8, 4) is 5.75 Å². The van der Waals surface area contributed by atoms with Gasteiger partial charge in [0.05, 0.1) is 10.2 Å². The highest BCUT2D eigenvalue weighted by Crippen LogP contribution is 2.29. The van der Waals surface area contributed by atoms with Crippen LogP contribution >= 0.6 is 23.7 Å². The second kappa shape index (κ2) is 4.53. The van der Waals surface area contributed by atoms with Crippen molar-refractivity contribution in [3.63, 3.8) is 0 Å². The van der Waals surface area contributed by atoms with Crippen molar-refractivity contribution in [2.75, 3.05) is 13.1 Å². The molecule has 1 saturated heterocycles. The zero-order chi connectivity index (χ0) is 10.3. The van der Waals surface area contributed by atoms with Crippen LogP contribution < -0.4 is 10.1 Å². The van der Waals surface area contributed by atoms with Crippen LogP contribution in [0.3, 0.4) is 0 Å². The lowest BCUT2D eigenvalue weighted by Gasteiger charge is -2.27. The average molecular weight is 261 g/mol. The maximum Gasteiger partial charge on any atom is 0.149 e. The van der Waals surface area contributed by atoms with Crippen molar-refractivity contribution in [1.29, 1.82) is 0 Å². The van der Waals surface area contributed by atoms with Gasteiger partial charge in [0, 0.05) is 19.2 Å². The quantitative estimate of drug-likeness (QED) is 0.899. The molecule has 16 heavy (non-hydrogen) atoms. The largest absolute Gasteiger partial charge is 0.485 e. The Morgan fingerprint density at radius 2 is 2.25 bits per heavy atom. The molecule has 0 aliphatic carbocycles. The zero-order valence-corrected chi connectivity index (χ0v) is 9.91. The molecule has 2 heterocycles. The first-order chi connectivity index (χ1) is 7.33. The van der Waals surface area contributed by atoms with Crippen LogP contribution in [0.1, 0.15) is 0 Å². The Labute approximate surface area is 102 Å². The van der Waals surface area contributed by atoms with Crippen LogP contribution in [0.25, 0.3) is 10.2 Å². The van der Waals surface area contributed by atoms with E-state index in [-0.39, 0.29) is 24.3 Å². The smallest absolute Gasteiger partial charge is 0.149 e. The summed E-state index contributed by atoms with van der Waals surface area (Å²) in [5, 5.41) is 3.10. The molecule has 1 aliphatic rings. The van der Waals surface area contributed by atoms with Gasteiger partial charge in [-0.3, -0.25) is 0 Å². The summed E-state index contributed by atoms with van der Waals surface area (Å²) < 4.78 is 19.7. The van der Waals surface area contributed by atoms with E-state index in [1.165, 1.54) is 23.5 Å². The van der Waals surface area contributed by atoms with Gasteiger partial charge in [0.15, 0.2) is 0 Å². The maximum atomic E-state index is 13.2. The first-order valence-corrected chi connectivity index (χ1v) is 5.61. The summed E-state index contributed by atoms with van der Waals surface area (Å²) in [5.41, 5.74) is 2.46. The fourth-order valence-corrected chi connectivity index (χ4v) is 2.24. The van der Waals surface area contributed by atoms with Crippen LogP contribution in [0.2, 0.25) is 0 Å². The number of benzene rings is 1. The van der Waals surface area contributed by atoms with E-state index in [4.69, 9.17) is 4.74 Å². The Balaban J connectivity index is 0.000000963. The SMILES string of the molecule is Cl.Fc1cc(OC2CNC2)c2ncsc2c1. The fourth-order valence-electron chi connectivity index (χ4n) is 1.52. The van der Waals surface area contributed by atoms with Gasteiger partial charge in [0.1, 0.15) is 23.2 Å². The van der Waals surface area contributed by atoms with Gasteiger partial charge in [-0.05, 0) is 6.07 Å². The number of halogens is 2. The second-order valence-corrected chi connectivity index (χ2v) is 4.39. The molecular formula is C10H10ClFN2OS. The molecule has 0 atom stereocenters. The number of ether oxygens (including phenoxy) is 1. The van der Waals surface area contributed by atoms with Crippen LogP contribution in [-0.2, 0) is 0 Å². The molecule has 0 bridgehead atoms. The molecule has 1 aromatic heterocycles. The van der Waals surface area contributed by atoms with Crippen molar-refractivity contribution in [1.82, 2.24) is 10.3 Å². The van der Waals surface area contributed by atoms with Gasteiger partial charge < -0.3 is 10.1 Å². The summed E-state index contributed by atoms with van der Waals surface area (Å²) in [6.07, 6.45) is 0.150. The highest BCUT2D eigenvalue weighted by Gasteiger charge is 2.20. The molecule has 1 aliphatic heterocycles. The number of hydrogen-bond donors (Lipinski definition) is 1. The summed E-state index contributed by atoms with van der Waals surface area (Å²) in [4.78, 5) is 4.18. The van der Waals surface area contributed by atoms with E-state index in [0.29, 0.717) is 5.75 Å². The molecule has 1 N–H and O–H groups in total. The molecule has 2 aromatic rings. The third-order valence-corrected chi connectivity index (χ3v) is 3.18. The number of fused-ring (bicyclic) bond motifs is 1. The number of nitrogens with one attached hydrogen (secondary N) is 1. The highest BCUT2D eigenvalue weighted by atomic mass is 35.5. The standard InChI is InChI=1S/C10H9FN2OS.ClH/c11-6-1-8(14-7-3-12-4-7)10-9(2-6)15-5-13-10;/h1-2,5,7,12H,3-4H2;1H. The van der Waals surface area contributed by atoms with Gasteiger partial charge in [0.2, 0.25) is 0 Å². The van der Waals surface area contributed by atoms with Crippen molar-refractivity contribution < 1.29 is 9.13 Å². The van der Waals surface area contributed by atoms with Crippen LogP contribution in [0.15, 0.2) is 17.6 Å². The number of aromatic nitrogens is 1. The lowest BCUT2D eigenvalue weighted by molar-refractivity contribution is 0.143. The Bertz CT molecular complexity index is 501. The molecule has 86 valence electrons. The molecule has 0 unspecified atom stereocenters. The van der Waals surface area contributed by atoms with E-state index in [2.05, 4.69) is 10.3 Å². The first-order valence-electron chi connectivity index (χ1n) is 4.73. The Hall–Kier alpha value is -0.910. The number of nitrogens with zero attached hydrogens (tertiary/aromatic N) is 1. The molecule has 1 fully saturated rings. The van der Waals surface area contributed by atoms with Crippen molar-refractivity contribution >= 4 is 34.0 Å². The summed E-state index contributed by atoms with van der Waals surface area (Å²) in [5.74, 6) is 0.284. The molecule has 6 heteroatoms. The van der Waals surface area contributed by atoms with Crippen LogP contribution in [0.5, 0.6) is 5.75 Å². The molecule has 3 rings (SSSR count). The summed E-state index contributed by atoms with van der Waals surface area (Å²) in [6.45, 7) is 1.64. The van der Waals surface area contributed by atoms with Crippen LogP contribution in [0, 0.1) is 5.82 Å². The average Bonchev–Trinajstić information content (AvgIpc) is 2.58. The summed E-state index contributed by atoms with van der Waals surface area (Å²) in [6, 6.07) is 2.89. The monoisotopic (exact) mass is 260 g/mol. The minimum atomic E-state index is -0.269. The first kappa shape index (κ1) is 11.6. The lowest BCUT2D eigenvalue weighted by Crippen LogP contribution is -2.50. The molecule has 1 aromatic carbocycles. The molecule has 3 nitrogen and oxygen atoms in total. The van der Waals surface area contributed by atoms with E-state index < -0.39 is 0 Å². The van der Waals surface area contributed by atoms with E-state index >= 15 is 0 Å².